The molecular weight excluding hydrogens is 633 g/mol. The first-order chi connectivity index (χ1) is 24.2. The van der Waals surface area contributed by atoms with Gasteiger partial charge < -0.3 is 19.7 Å². The van der Waals surface area contributed by atoms with Crippen LogP contribution in [0.2, 0.25) is 0 Å². The van der Waals surface area contributed by atoms with Crippen LogP contribution in [0.4, 0.5) is 0 Å². The molecular formula is C45H56N2O4. The van der Waals surface area contributed by atoms with Gasteiger partial charge in [-0.25, -0.2) is 0 Å². The normalized spacial score (nSPS) is 12.9. The number of nitriles is 1. The summed E-state index contributed by atoms with van der Waals surface area (Å²) in [5.74, 6) is 1.17. The first kappa shape index (κ1) is 39.2. The molecule has 4 aromatic rings. The molecule has 6 nitrogen and oxygen atoms in total. The Morgan fingerprint density at radius 1 is 0.745 bits per heavy atom. The van der Waals surface area contributed by atoms with E-state index in [1.54, 1.807) is 18.3 Å². The van der Waals surface area contributed by atoms with Gasteiger partial charge in [-0.05, 0) is 89.2 Å². The Hall–Kier alpha value is -4.60. The highest BCUT2D eigenvalue weighted by Crippen LogP contribution is 2.47. The van der Waals surface area contributed by atoms with Gasteiger partial charge in [-0.15, -0.1) is 0 Å². The van der Waals surface area contributed by atoms with E-state index in [9.17, 15) is 15.5 Å². The van der Waals surface area contributed by atoms with E-state index in [1.165, 1.54) is 6.07 Å². The van der Waals surface area contributed by atoms with Crippen LogP contribution in [0.25, 0.3) is 0 Å². The van der Waals surface area contributed by atoms with Crippen molar-refractivity contribution >= 4 is 6.21 Å². The summed E-state index contributed by atoms with van der Waals surface area (Å²) in [6.45, 7) is 18.2. The number of hydrogen-bond donors (Lipinski definition) is 2. The van der Waals surface area contributed by atoms with Crippen molar-refractivity contribution in [2.24, 2.45) is 4.99 Å². The van der Waals surface area contributed by atoms with Crippen molar-refractivity contribution < 1.29 is 19.7 Å². The van der Waals surface area contributed by atoms with Crippen LogP contribution in [0.1, 0.15) is 120 Å². The van der Waals surface area contributed by atoms with Crippen molar-refractivity contribution in [1.82, 2.24) is 0 Å². The predicted molar refractivity (Wildman–Crippen MR) is 208 cm³/mol. The summed E-state index contributed by atoms with van der Waals surface area (Å²) in [5, 5.41) is 34.5. The summed E-state index contributed by atoms with van der Waals surface area (Å²) in [6, 6.07) is 28.3. The van der Waals surface area contributed by atoms with E-state index < -0.39 is 11.6 Å². The Morgan fingerprint density at radius 2 is 1.27 bits per heavy atom. The van der Waals surface area contributed by atoms with Crippen LogP contribution in [-0.4, -0.2) is 35.7 Å². The summed E-state index contributed by atoms with van der Waals surface area (Å²) >= 11 is 0. The van der Waals surface area contributed by atoms with Gasteiger partial charge >= 0.3 is 0 Å². The monoisotopic (exact) mass is 688 g/mol. The van der Waals surface area contributed by atoms with E-state index in [2.05, 4.69) is 85.7 Å². The lowest BCUT2D eigenvalue weighted by Gasteiger charge is -2.39. The van der Waals surface area contributed by atoms with Crippen LogP contribution in [0, 0.1) is 11.3 Å². The fourth-order valence-corrected chi connectivity index (χ4v) is 6.04. The molecule has 0 aliphatic heterocycles. The molecule has 0 saturated heterocycles. The van der Waals surface area contributed by atoms with E-state index in [1.807, 2.05) is 42.5 Å². The van der Waals surface area contributed by atoms with Gasteiger partial charge in [-0.1, -0.05) is 111 Å². The number of benzene rings is 4. The number of phenols is 1. The van der Waals surface area contributed by atoms with Gasteiger partial charge in [-0.2, -0.15) is 5.26 Å². The van der Waals surface area contributed by atoms with Crippen molar-refractivity contribution in [3.05, 3.63) is 124 Å². The average molecular weight is 689 g/mol. The number of unbranched alkanes of at least 4 members (excludes halogenated alkanes) is 2. The maximum Gasteiger partial charge on any atom is 0.144 e. The van der Waals surface area contributed by atoms with Gasteiger partial charge in [-0.3, -0.25) is 4.99 Å². The van der Waals surface area contributed by atoms with Crippen LogP contribution in [-0.2, 0) is 22.9 Å². The number of aliphatic imine (C=N–C) groups is 1. The lowest BCUT2D eigenvalue weighted by molar-refractivity contribution is 0.0460. The summed E-state index contributed by atoms with van der Waals surface area (Å²) in [7, 11) is 0. The highest BCUT2D eigenvalue weighted by atomic mass is 16.5. The quantitative estimate of drug-likeness (QED) is 0.0958. The molecule has 0 unspecified atom stereocenters. The molecule has 0 amide bonds. The van der Waals surface area contributed by atoms with Crippen LogP contribution in [0.5, 0.6) is 17.2 Å². The predicted octanol–water partition coefficient (Wildman–Crippen LogP) is 10.2. The second-order valence-corrected chi connectivity index (χ2v) is 15.5. The van der Waals surface area contributed by atoms with Crippen molar-refractivity contribution in [1.29, 1.82) is 5.26 Å². The zero-order valence-corrected chi connectivity index (χ0v) is 31.8. The fourth-order valence-electron chi connectivity index (χ4n) is 6.04. The van der Waals surface area contributed by atoms with Gasteiger partial charge in [0.1, 0.15) is 22.8 Å². The highest BCUT2D eigenvalue weighted by molar-refractivity contribution is 5.84. The Bertz CT molecular complexity index is 1740. The maximum absolute atomic E-state index is 14.0. The van der Waals surface area contributed by atoms with Gasteiger partial charge in [0.15, 0.2) is 0 Å². The van der Waals surface area contributed by atoms with E-state index in [0.717, 1.165) is 42.4 Å². The Morgan fingerprint density at radius 3 is 1.75 bits per heavy atom. The van der Waals surface area contributed by atoms with Crippen molar-refractivity contribution in [3.8, 4) is 23.3 Å². The molecule has 0 aromatic heterocycles. The third-order valence-corrected chi connectivity index (χ3v) is 9.33. The molecule has 0 bridgehead atoms. The minimum Gasteiger partial charge on any atom is -0.507 e. The molecule has 0 aliphatic rings. The van der Waals surface area contributed by atoms with Gasteiger partial charge in [0.05, 0.1) is 30.9 Å². The number of hydrogen-bond acceptors (Lipinski definition) is 6. The largest absolute Gasteiger partial charge is 0.507 e. The summed E-state index contributed by atoms with van der Waals surface area (Å²) in [4.78, 5) is 5.15. The summed E-state index contributed by atoms with van der Waals surface area (Å²) < 4.78 is 13.1. The molecule has 51 heavy (non-hydrogen) atoms. The molecule has 0 spiro atoms. The molecule has 0 fully saturated rings. The highest BCUT2D eigenvalue weighted by Gasteiger charge is 2.45. The zero-order valence-electron chi connectivity index (χ0n) is 31.8. The number of rotatable bonds is 15. The summed E-state index contributed by atoms with van der Waals surface area (Å²) in [5.41, 5.74) is 2.82. The smallest absolute Gasteiger partial charge is 0.144 e. The minimum atomic E-state index is -1.78. The van der Waals surface area contributed by atoms with E-state index in [-0.39, 0.29) is 16.6 Å². The minimum absolute atomic E-state index is 0.00335. The number of nitrogens with zero attached hydrogens (tertiary/aromatic N) is 2. The van der Waals surface area contributed by atoms with Crippen molar-refractivity contribution in [2.45, 2.75) is 110 Å². The van der Waals surface area contributed by atoms with Crippen molar-refractivity contribution in [3.63, 3.8) is 0 Å². The lowest BCUT2D eigenvalue weighted by Crippen LogP contribution is -2.42. The summed E-state index contributed by atoms with van der Waals surface area (Å²) in [6.07, 6.45) is 5.59. The molecule has 1 atom stereocenters. The fraction of sp³-hybridized carbons (Fsp3) is 0.422. The average Bonchev–Trinajstić information content (AvgIpc) is 3.10. The molecule has 4 rings (SSSR count). The molecule has 0 aliphatic carbocycles. The number of aromatic hydroxyl groups is 1. The molecule has 4 aromatic carbocycles. The second kappa shape index (κ2) is 17.1. The Labute approximate surface area is 305 Å². The van der Waals surface area contributed by atoms with Crippen LogP contribution >= 0.6 is 0 Å². The molecule has 0 heterocycles. The standard InChI is InChI=1S/C45H56N2O4/c1-9-11-24-50-40-22-19-35(43(3,4)5)28-37(40)45(49,38-29-36(44(6,7)8)20-23-41(38)51-25-12-10-2)42(27-32-16-14-13-15-17-32)47-31-34-26-33(30-46)18-21-39(34)48/h13-23,26,28-29,31,42,48-49H,9-12,24-25,27H2,1-8H3/t42-/m1/s1. The number of ether oxygens (including phenoxy) is 2. The molecule has 0 saturated carbocycles. The first-order valence-corrected chi connectivity index (χ1v) is 18.3. The van der Waals surface area contributed by atoms with E-state index >= 15 is 0 Å². The number of aliphatic hydroxyl groups is 1. The lowest BCUT2D eigenvalue weighted by atomic mass is 9.73. The van der Waals surface area contributed by atoms with Crippen LogP contribution in [0.15, 0.2) is 89.9 Å². The van der Waals surface area contributed by atoms with Gasteiger partial charge in [0.25, 0.3) is 0 Å². The SMILES string of the molecule is CCCCOc1ccc(C(C)(C)C)cc1C(O)(c1cc(C(C)(C)C)ccc1OCCCC)[C@@H](Cc1ccccc1)N=Cc1cc(C#N)ccc1O. The second-order valence-electron chi connectivity index (χ2n) is 15.5. The first-order valence-electron chi connectivity index (χ1n) is 18.3. The Kier molecular flexibility index (Phi) is 13.1. The molecule has 0 radical (unpaired) electrons. The Balaban J connectivity index is 2.14. The van der Waals surface area contributed by atoms with E-state index in [0.29, 0.717) is 53.4 Å². The number of phenolic OH excluding ortho intramolecular Hbond substituents is 1. The topological polar surface area (TPSA) is 95.1 Å². The molecule has 2 N–H and O–H groups in total. The third kappa shape index (κ3) is 9.80. The van der Waals surface area contributed by atoms with Crippen LogP contribution < -0.4 is 9.47 Å². The third-order valence-electron chi connectivity index (χ3n) is 9.33. The molecule has 6 heteroatoms. The maximum atomic E-state index is 14.0. The van der Waals surface area contributed by atoms with E-state index in [4.69, 9.17) is 14.5 Å². The van der Waals surface area contributed by atoms with Gasteiger partial charge in [0.2, 0.25) is 0 Å². The van der Waals surface area contributed by atoms with Crippen molar-refractivity contribution in [2.75, 3.05) is 13.2 Å². The van der Waals surface area contributed by atoms with Crippen LogP contribution in [0.3, 0.4) is 0 Å². The molecule has 270 valence electrons. The van der Waals surface area contributed by atoms with Gasteiger partial charge in [0, 0.05) is 22.9 Å². The zero-order chi connectivity index (χ0) is 37.2.